The minimum absolute atomic E-state index is 0.926. The highest BCUT2D eigenvalue weighted by Gasteiger charge is 1.90. The summed E-state index contributed by atoms with van der Waals surface area (Å²) < 4.78 is 29.0. The Balaban J connectivity index is 0.000000431. The van der Waals surface area contributed by atoms with Crippen LogP contribution in [0, 0.1) is 132 Å². The zero-order valence-electron chi connectivity index (χ0n) is 50.0. The van der Waals surface area contributed by atoms with Gasteiger partial charge in [0.25, 0.3) is 0 Å². The first-order valence-corrected chi connectivity index (χ1v) is 30.8. The van der Waals surface area contributed by atoms with Gasteiger partial charge in [0.1, 0.15) is 35.1 Å². The molecule has 0 N–H and O–H groups in total. The molecule has 12 aromatic rings. The number of aryl methyl sites for hydroxylation is 19. The van der Waals surface area contributed by atoms with E-state index in [9.17, 15) is 0 Å². The predicted octanol–water partition coefficient (Wildman–Crippen LogP) is 23.4. The van der Waals surface area contributed by atoms with Crippen molar-refractivity contribution < 1.29 is 26.6 Å². The molecule has 0 aliphatic rings. The summed E-state index contributed by atoms with van der Waals surface area (Å²) in [5, 5.41) is 16.3. The van der Waals surface area contributed by atoms with Gasteiger partial charge in [0, 0.05) is 35.3 Å². The van der Waals surface area contributed by atoms with Gasteiger partial charge < -0.3 is 26.6 Å². The second-order valence-corrected chi connectivity index (χ2v) is 24.9. The Hall–Kier alpha value is -6.19. The van der Waals surface area contributed by atoms with E-state index in [0.717, 1.165) is 34.5 Å². The maximum Gasteiger partial charge on any atom is 0.124 e. The summed E-state index contributed by atoms with van der Waals surface area (Å²) in [4.78, 5) is 8.42. The Bertz CT molecular complexity index is 2560. The van der Waals surface area contributed by atoms with Gasteiger partial charge in [0.2, 0.25) is 0 Å². The van der Waals surface area contributed by atoms with E-state index in [1.165, 1.54) is 68.2 Å². The van der Waals surface area contributed by atoms with Crippen LogP contribution < -0.4 is 0 Å². The molecule has 13 heteroatoms. The molecule has 426 valence electrons. The molecule has 12 heterocycles. The summed E-state index contributed by atoms with van der Waals surface area (Å²) in [6, 6.07) is 32.5. The van der Waals surface area contributed by atoms with E-state index in [1.54, 1.807) is 100 Å². The Kier molecular flexibility index (Phi) is 38.3. The van der Waals surface area contributed by atoms with Crippen molar-refractivity contribution in [3.63, 3.8) is 0 Å². The van der Waals surface area contributed by atoms with Gasteiger partial charge in [-0.2, -0.15) is 11.3 Å². The Morgan fingerprint density at radius 3 is 1.06 bits per heavy atom. The summed E-state index contributed by atoms with van der Waals surface area (Å²) in [6.45, 7) is 38.7. The average Bonchev–Trinajstić information content (AvgIpc) is 4.20. The molecular formula is C66H85NO6S6. The molecule has 12 rings (SSSR count). The van der Waals surface area contributed by atoms with Gasteiger partial charge in [-0.05, 0) is 288 Å². The van der Waals surface area contributed by atoms with Crippen LogP contribution in [0.3, 0.4) is 0 Å². The molecule has 0 aliphatic heterocycles. The predicted molar refractivity (Wildman–Crippen MR) is 346 cm³/mol. The van der Waals surface area contributed by atoms with Crippen LogP contribution >= 0.6 is 68.0 Å². The van der Waals surface area contributed by atoms with Crippen LogP contribution in [0.25, 0.3) is 0 Å². The van der Waals surface area contributed by atoms with Crippen molar-refractivity contribution in [2.75, 3.05) is 0 Å². The first kappa shape index (κ1) is 70.8. The minimum atomic E-state index is 0.926. The van der Waals surface area contributed by atoms with Crippen LogP contribution in [0.5, 0.6) is 0 Å². The summed E-state index contributed by atoms with van der Waals surface area (Å²) in [5.41, 5.74) is 10.0. The number of hydrogen-bond acceptors (Lipinski definition) is 13. The molecule has 0 bridgehead atoms. The lowest BCUT2D eigenvalue weighted by Gasteiger charge is -1.79. The topological polar surface area (TPSA) is 91.7 Å². The lowest BCUT2D eigenvalue weighted by atomic mass is 10.3. The fourth-order valence-corrected chi connectivity index (χ4v) is 9.61. The number of thiophene rings is 6. The largest absolute Gasteiger partial charge is 0.472 e. The second kappa shape index (κ2) is 42.7. The van der Waals surface area contributed by atoms with Crippen LogP contribution in [0.2, 0.25) is 0 Å². The number of aromatic nitrogens is 1. The van der Waals surface area contributed by atoms with E-state index in [-0.39, 0.29) is 0 Å². The molecule has 0 atom stereocenters. The van der Waals surface area contributed by atoms with Crippen LogP contribution in [0.1, 0.15) is 103 Å². The highest BCUT2D eigenvalue weighted by molar-refractivity contribution is 7.12. The fraction of sp³-hybridized carbons (Fsp3) is 0.288. The van der Waals surface area contributed by atoms with Crippen LogP contribution in [0.15, 0.2) is 194 Å². The third-order valence-corrected chi connectivity index (χ3v) is 15.0. The smallest absolute Gasteiger partial charge is 0.124 e. The zero-order valence-corrected chi connectivity index (χ0v) is 54.9. The minimum Gasteiger partial charge on any atom is -0.472 e. The number of nitrogens with zero attached hydrogens (tertiary/aromatic N) is 1. The first-order valence-electron chi connectivity index (χ1n) is 25.5. The normalized spacial score (nSPS) is 9.20. The second-order valence-electron chi connectivity index (χ2n) is 18.1. The fourth-order valence-electron chi connectivity index (χ4n) is 5.52. The molecular weight excluding hydrogens is 1100 g/mol. The third-order valence-electron chi connectivity index (χ3n) is 9.53. The van der Waals surface area contributed by atoms with E-state index >= 15 is 0 Å². The molecule has 0 unspecified atom stereocenters. The molecule has 79 heavy (non-hydrogen) atoms. The molecule has 7 nitrogen and oxygen atoms in total. The van der Waals surface area contributed by atoms with Crippen molar-refractivity contribution >= 4 is 68.0 Å². The lowest BCUT2D eigenvalue weighted by molar-refractivity contribution is 0.415. The molecule has 0 radical (unpaired) electrons. The van der Waals surface area contributed by atoms with Crippen LogP contribution in [0.4, 0.5) is 0 Å². The van der Waals surface area contributed by atoms with Crippen LogP contribution in [-0.4, -0.2) is 5.16 Å². The Labute approximate surface area is 497 Å². The third kappa shape index (κ3) is 40.6. The Morgan fingerprint density at radius 1 is 0.354 bits per heavy atom. The summed E-state index contributed by atoms with van der Waals surface area (Å²) in [6.07, 6.45) is 10.1. The highest BCUT2D eigenvalue weighted by atomic mass is 32.1. The maximum atomic E-state index is 5.08. The van der Waals surface area contributed by atoms with Crippen molar-refractivity contribution in [2.45, 2.75) is 132 Å². The molecule has 12 aromatic heterocycles. The molecule has 0 amide bonds. The van der Waals surface area contributed by atoms with Gasteiger partial charge in [-0.25, -0.2) is 0 Å². The molecule has 0 saturated carbocycles. The molecule has 0 saturated heterocycles. The monoisotopic (exact) mass is 1180 g/mol. The van der Waals surface area contributed by atoms with E-state index in [4.69, 9.17) is 22.1 Å². The average molecular weight is 1180 g/mol. The molecule has 0 aliphatic carbocycles. The van der Waals surface area contributed by atoms with Gasteiger partial charge >= 0.3 is 0 Å². The van der Waals surface area contributed by atoms with Crippen LogP contribution in [-0.2, 0) is 0 Å². The van der Waals surface area contributed by atoms with Gasteiger partial charge in [-0.1, -0.05) is 11.2 Å². The van der Waals surface area contributed by atoms with Crippen molar-refractivity contribution in [1.82, 2.24) is 5.16 Å². The van der Waals surface area contributed by atoms with E-state index < -0.39 is 0 Å². The van der Waals surface area contributed by atoms with Gasteiger partial charge in [0.15, 0.2) is 0 Å². The van der Waals surface area contributed by atoms with Gasteiger partial charge in [-0.3, -0.25) is 0 Å². The molecule has 0 fully saturated rings. The zero-order chi connectivity index (χ0) is 59.0. The number of rotatable bonds is 0. The number of hydrogen-bond donors (Lipinski definition) is 0. The number of furan rings is 5. The maximum absolute atomic E-state index is 5.08. The van der Waals surface area contributed by atoms with Gasteiger partial charge in [0.05, 0.1) is 37.0 Å². The van der Waals surface area contributed by atoms with E-state index in [1.807, 2.05) is 116 Å². The van der Waals surface area contributed by atoms with E-state index in [0.29, 0.717) is 0 Å². The summed E-state index contributed by atoms with van der Waals surface area (Å²) in [5.74, 6) is 4.90. The lowest BCUT2D eigenvalue weighted by Crippen LogP contribution is -1.61. The summed E-state index contributed by atoms with van der Waals surface area (Å²) >= 11 is 10.8. The van der Waals surface area contributed by atoms with Crippen molar-refractivity contribution in [3.05, 3.63) is 270 Å². The first-order chi connectivity index (χ1) is 37.5. The Morgan fingerprint density at radius 2 is 0.937 bits per heavy atom. The van der Waals surface area contributed by atoms with Crippen molar-refractivity contribution in [2.24, 2.45) is 0 Å². The van der Waals surface area contributed by atoms with E-state index in [2.05, 4.69) is 160 Å². The standard InChI is InChI=1S/3C6H8O.4C6H8S.2C5H6O.2C5H6S.C4H5NO/c2*1-5-3-6(2)7-4-5;1-5-3-4-6(2)7-5;2*1-5-3-6(2)7-4-5;1-5-3-4-7-6(5)2;1-5-3-4-6(2)7-5;1-5-2-3-6-4-5;1-5-3-2-4-6-5;1-5-2-3-6-4-5;1-5-3-2-4-6-5;1-4-2-3-6-5-4/h7*3-4H,1-2H3;4*2-4H,1H3;2-3H,1H3. The van der Waals surface area contributed by atoms with Crippen molar-refractivity contribution in [1.29, 1.82) is 0 Å². The van der Waals surface area contributed by atoms with Crippen molar-refractivity contribution in [3.8, 4) is 0 Å². The summed E-state index contributed by atoms with van der Waals surface area (Å²) in [7, 11) is 0. The highest BCUT2D eigenvalue weighted by Crippen LogP contribution is 2.14. The van der Waals surface area contributed by atoms with Gasteiger partial charge in [-0.15, -0.1) is 56.7 Å². The SMILES string of the molecule is Cc1ccc(C)o1.Cc1ccc(C)s1.Cc1ccco1.Cc1cccs1.Cc1ccoc1.Cc1ccon1.Cc1ccsc1.Cc1ccsc1C.Cc1coc(C)c1.Cc1coc(C)c1.Cc1csc(C)c1.Cc1csc(C)c1. The molecule has 0 aromatic carbocycles. The quantitative estimate of drug-likeness (QED) is 0.149. The molecule has 0 spiro atoms.